The van der Waals surface area contributed by atoms with Crippen LogP contribution in [-0.2, 0) is 0 Å². The summed E-state index contributed by atoms with van der Waals surface area (Å²) in [4.78, 5) is 4.45. The largest absolute Gasteiger partial charge is 0.492 e. The van der Waals surface area contributed by atoms with Gasteiger partial charge in [0.2, 0.25) is 0 Å². The second-order valence-electron chi connectivity index (χ2n) is 7.78. The van der Waals surface area contributed by atoms with Gasteiger partial charge in [0.15, 0.2) is 0 Å². The Morgan fingerprint density at radius 2 is 1.73 bits per heavy atom. The highest BCUT2D eigenvalue weighted by molar-refractivity contribution is 6.30. The number of pyridine rings is 1. The van der Waals surface area contributed by atoms with E-state index in [9.17, 15) is 0 Å². The predicted octanol–water partition coefficient (Wildman–Crippen LogP) is 5.57. The van der Waals surface area contributed by atoms with Crippen LogP contribution < -0.4 is 10.1 Å². The number of ether oxygens (including phenoxy) is 1. The highest BCUT2D eigenvalue weighted by Crippen LogP contribution is 2.27. The van der Waals surface area contributed by atoms with Gasteiger partial charge in [-0.05, 0) is 86.2 Å². The molecule has 0 radical (unpaired) electrons. The van der Waals surface area contributed by atoms with Crippen LogP contribution in [0.15, 0.2) is 66.9 Å². The van der Waals surface area contributed by atoms with E-state index < -0.39 is 0 Å². The van der Waals surface area contributed by atoms with Crippen molar-refractivity contribution < 1.29 is 4.74 Å². The molecule has 2 aromatic carbocycles. The maximum Gasteiger partial charge on any atom is 0.119 e. The van der Waals surface area contributed by atoms with Gasteiger partial charge < -0.3 is 10.1 Å². The summed E-state index contributed by atoms with van der Waals surface area (Å²) in [6.45, 7) is 3.93. The molecule has 0 saturated heterocycles. The van der Waals surface area contributed by atoms with Gasteiger partial charge in [-0.25, -0.2) is 4.98 Å². The molecule has 0 aliphatic heterocycles. The number of hydrogen-bond donors (Lipinski definition) is 1. The Morgan fingerprint density at radius 1 is 1.00 bits per heavy atom. The third-order valence-corrected chi connectivity index (χ3v) is 5.33. The van der Waals surface area contributed by atoms with E-state index in [1.807, 2.05) is 66.9 Å². The first kappa shape index (κ1) is 20.5. The van der Waals surface area contributed by atoms with E-state index in [2.05, 4.69) is 29.1 Å². The van der Waals surface area contributed by atoms with E-state index in [-0.39, 0.29) is 0 Å². The lowest BCUT2D eigenvalue weighted by Crippen LogP contribution is -2.33. The molecule has 1 atom stereocenters. The Kier molecular flexibility index (Phi) is 6.69. The van der Waals surface area contributed by atoms with Crippen LogP contribution in [-0.4, -0.2) is 24.2 Å². The van der Waals surface area contributed by atoms with E-state index in [1.54, 1.807) is 0 Å². The predicted molar refractivity (Wildman–Crippen MR) is 123 cm³/mol. The van der Waals surface area contributed by atoms with Gasteiger partial charge in [0.1, 0.15) is 18.1 Å². The Labute approximate surface area is 183 Å². The zero-order chi connectivity index (χ0) is 20.8. The van der Waals surface area contributed by atoms with E-state index >= 15 is 0 Å². The van der Waals surface area contributed by atoms with Crippen molar-refractivity contribution in [3.8, 4) is 28.7 Å². The summed E-state index contributed by atoms with van der Waals surface area (Å²) in [5.41, 5.74) is 3.80. The summed E-state index contributed by atoms with van der Waals surface area (Å²) < 4.78 is 5.87. The second kappa shape index (κ2) is 9.80. The smallest absolute Gasteiger partial charge is 0.119 e. The van der Waals surface area contributed by atoms with Crippen molar-refractivity contribution >= 4 is 11.6 Å². The number of halogens is 1. The van der Waals surface area contributed by atoms with Gasteiger partial charge in [-0.1, -0.05) is 35.7 Å². The van der Waals surface area contributed by atoms with Gasteiger partial charge in [-0.15, -0.1) is 0 Å². The van der Waals surface area contributed by atoms with Gasteiger partial charge in [0, 0.05) is 28.4 Å². The van der Waals surface area contributed by atoms with Crippen molar-refractivity contribution in [2.75, 3.05) is 13.2 Å². The molecule has 0 spiro atoms. The third-order valence-electron chi connectivity index (χ3n) is 5.08. The van der Waals surface area contributed by atoms with Crippen LogP contribution in [0.25, 0.3) is 11.1 Å². The Morgan fingerprint density at radius 3 is 2.40 bits per heavy atom. The maximum absolute atomic E-state index is 5.95. The number of aromatic nitrogens is 1. The highest BCUT2D eigenvalue weighted by atomic mass is 35.5. The molecule has 0 bridgehead atoms. The van der Waals surface area contributed by atoms with Crippen LogP contribution in [0.3, 0.4) is 0 Å². The summed E-state index contributed by atoms with van der Waals surface area (Å²) in [5, 5.41) is 4.25. The van der Waals surface area contributed by atoms with Gasteiger partial charge in [-0.2, -0.15) is 0 Å². The van der Waals surface area contributed by atoms with Crippen molar-refractivity contribution in [3.63, 3.8) is 0 Å². The first-order valence-electron chi connectivity index (χ1n) is 10.4. The van der Waals surface area contributed by atoms with Crippen LogP contribution in [0.2, 0.25) is 5.02 Å². The highest BCUT2D eigenvalue weighted by Gasteiger charge is 2.21. The molecule has 1 aliphatic carbocycles. The van der Waals surface area contributed by atoms with Crippen LogP contribution in [0.4, 0.5) is 0 Å². The quantitative estimate of drug-likeness (QED) is 0.511. The van der Waals surface area contributed by atoms with E-state index in [0.717, 1.165) is 45.6 Å². The van der Waals surface area contributed by atoms with Crippen LogP contribution in [0.5, 0.6) is 5.75 Å². The standard InChI is InChI=1S/C26H25ClN2O/c1-19(28-16-21-2-3-21)18-30-26-14-5-20(6-15-26)4-12-25-13-9-23(17-29-25)22-7-10-24(27)11-8-22/h5-11,13-15,17,19,21,28H,2-3,16,18H2,1H3/t19-/m1/s1. The van der Waals surface area contributed by atoms with Crippen molar-refractivity contribution in [2.24, 2.45) is 5.92 Å². The average molecular weight is 417 g/mol. The van der Waals surface area contributed by atoms with Crippen molar-refractivity contribution in [2.45, 2.75) is 25.8 Å². The first-order valence-corrected chi connectivity index (χ1v) is 10.7. The van der Waals surface area contributed by atoms with E-state index in [4.69, 9.17) is 16.3 Å². The van der Waals surface area contributed by atoms with Crippen LogP contribution >= 0.6 is 11.6 Å². The molecule has 1 aliphatic rings. The summed E-state index contributed by atoms with van der Waals surface area (Å²) in [7, 11) is 0. The number of benzene rings is 2. The lowest BCUT2D eigenvalue weighted by Gasteiger charge is -2.14. The first-order chi connectivity index (χ1) is 14.7. The molecule has 152 valence electrons. The second-order valence-corrected chi connectivity index (χ2v) is 8.21. The van der Waals surface area contributed by atoms with Gasteiger partial charge in [0.05, 0.1) is 0 Å². The number of nitrogens with one attached hydrogen (secondary N) is 1. The molecule has 1 heterocycles. The molecular formula is C26H25ClN2O. The fraction of sp³-hybridized carbons (Fsp3) is 0.269. The molecule has 30 heavy (non-hydrogen) atoms. The van der Waals surface area contributed by atoms with Gasteiger partial charge >= 0.3 is 0 Å². The molecule has 3 nitrogen and oxygen atoms in total. The molecule has 0 amide bonds. The fourth-order valence-corrected chi connectivity index (χ4v) is 3.15. The molecular weight excluding hydrogens is 392 g/mol. The molecule has 1 aromatic heterocycles. The molecule has 0 unspecified atom stereocenters. The van der Waals surface area contributed by atoms with Crippen LogP contribution in [0, 0.1) is 17.8 Å². The van der Waals surface area contributed by atoms with Crippen molar-refractivity contribution in [3.05, 3.63) is 83.1 Å². The van der Waals surface area contributed by atoms with Crippen LogP contribution in [0.1, 0.15) is 31.0 Å². The summed E-state index contributed by atoms with van der Waals surface area (Å²) >= 11 is 5.95. The Balaban J connectivity index is 1.30. The molecule has 1 fully saturated rings. The zero-order valence-electron chi connectivity index (χ0n) is 17.1. The summed E-state index contributed by atoms with van der Waals surface area (Å²) in [6, 6.07) is 19.9. The maximum atomic E-state index is 5.95. The van der Waals surface area contributed by atoms with E-state index in [0.29, 0.717) is 12.6 Å². The molecule has 4 rings (SSSR count). The normalized spacial score (nSPS) is 13.9. The summed E-state index contributed by atoms with van der Waals surface area (Å²) in [6.07, 6.45) is 4.57. The average Bonchev–Trinajstić information content (AvgIpc) is 3.61. The monoisotopic (exact) mass is 416 g/mol. The number of nitrogens with zero attached hydrogens (tertiary/aromatic N) is 1. The zero-order valence-corrected chi connectivity index (χ0v) is 17.8. The van der Waals surface area contributed by atoms with Gasteiger partial charge in [0.25, 0.3) is 0 Å². The topological polar surface area (TPSA) is 34.1 Å². The Bertz CT molecular complexity index is 1010. The lowest BCUT2D eigenvalue weighted by atomic mass is 10.1. The van der Waals surface area contributed by atoms with E-state index in [1.165, 1.54) is 12.8 Å². The number of rotatable bonds is 7. The fourth-order valence-electron chi connectivity index (χ4n) is 3.02. The lowest BCUT2D eigenvalue weighted by molar-refractivity contribution is 0.272. The molecule has 1 N–H and O–H groups in total. The minimum Gasteiger partial charge on any atom is -0.492 e. The van der Waals surface area contributed by atoms with Crippen molar-refractivity contribution in [1.29, 1.82) is 0 Å². The minimum absolute atomic E-state index is 0.354. The Hall–Kier alpha value is -2.80. The van der Waals surface area contributed by atoms with Crippen molar-refractivity contribution in [1.82, 2.24) is 10.3 Å². The molecule has 3 aromatic rings. The molecule has 1 saturated carbocycles. The molecule has 4 heteroatoms. The number of hydrogen-bond acceptors (Lipinski definition) is 3. The minimum atomic E-state index is 0.354. The van der Waals surface area contributed by atoms with Gasteiger partial charge in [-0.3, -0.25) is 0 Å². The third kappa shape index (κ3) is 6.10. The summed E-state index contributed by atoms with van der Waals surface area (Å²) in [5.74, 6) is 8.03. The SMILES string of the molecule is C[C@H](COc1ccc(C#Cc2ccc(-c3ccc(Cl)cc3)cn2)cc1)NCC1CC1.